The number of amides is 1. The molecule has 4 nitrogen and oxygen atoms in total. The molecule has 1 aromatic carbocycles. The molecule has 0 bridgehead atoms. The van der Waals surface area contributed by atoms with Crippen LogP contribution < -0.4 is 0 Å². The Morgan fingerprint density at radius 3 is 2.72 bits per heavy atom. The van der Waals surface area contributed by atoms with Crippen LogP contribution in [0.1, 0.15) is 29.3 Å². The first kappa shape index (κ1) is 12.6. The van der Waals surface area contributed by atoms with Gasteiger partial charge in [0, 0.05) is 12.1 Å². The van der Waals surface area contributed by atoms with Crippen LogP contribution in [0.4, 0.5) is 0 Å². The fraction of sp³-hybridized carbons (Fsp3) is 0.429. The predicted octanol–water partition coefficient (Wildman–Crippen LogP) is 1.40. The molecule has 4 heteroatoms. The van der Waals surface area contributed by atoms with Crippen molar-refractivity contribution in [2.24, 2.45) is 5.92 Å². The summed E-state index contributed by atoms with van der Waals surface area (Å²) in [4.78, 5) is 14.0. The third-order valence-electron chi connectivity index (χ3n) is 3.59. The summed E-state index contributed by atoms with van der Waals surface area (Å²) in [5.41, 5.74) is 1.11. The molecule has 1 heterocycles. The summed E-state index contributed by atoms with van der Waals surface area (Å²) in [5, 5.41) is 18.1. The fourth-order valence-corrected chi connectivity index (χ4v) is 2.39. The summed E-state index contributed by atoms with van der Waals surface area (Å²) in [6, 6.07) is 8.54. The number of carbonyl (C=O) groups is 1. The van der Waals surface area contributed by atoms with Crippen LogP contribution in [0.3, 0.4) is 0 Å². The Morgan fingerprint density at radius 2 is 2.17 bits per heavy atom. The van der Waals surface area contributed by atoms with E-state index in [0.29, 0.717) is 23.6 Å². The lowest BCUT2D eigenvalue weighted by Crippen LogP contribution is -2.39. The van der Waals surface area contributed by atoms with Crippen molar-refractivity contribution in [1.82, 2.24) is 4.90 Å². The molecular formula is C14H16N2O2. The molecule has 2 unspecified atom stereocenters. The first-order valence-corrected chi connectivity index (χ1v) is 6.09. The van der Waals surface area contributed by atoms with Crippen LogP contribution in [0.25, 0.3) is 0 Å². The maximum atomic E-state index is 12.3. The van der Waals surface area contributed by atoms with Crippen molar-refractivity contribution in [1.29, 1.82) is 5.26 Å². The second-order valence-corrected chi connectivity index (χ2v) is 4.70. The van der Waals surface area contributed by atoms with E-state index < -0.39 is 0 Å². The highest BCUT2D eigenvalue weighted by molar-refractivity contribution is 5.94. The summed E-state index contributed by atoms with van der Waals surface area (Å²) in [5.74, 6) is 0.264. The Morgan fingerprint density at radius 1 is 1.50 bits per heavy atom. The van der Waals surface area contributed by atoms with E-state index in [1.807, 2.05) is 13.0 Å². The highest BCUT2D eigenvalue weighted by Gasteiger charge is 2.34. The van der Waals surface area contributed by atoms with E-state index in [9.17, 15) is 9.90 Å². The molecule has 1 amide bonds. The van der Waals surface area contributed by atoms with Crippen molar-refractivity contribution >= 4 is 5.91 Å². The normalized spacial score (nSPS) is 22.8. The van der Waals surface area contributed by atoms with Gasteiger partial charge in [0.15, 0.2) is 0 Å². The first-order chi connectivity index (χ1) is 8.67. The number of nitriles is 1. The zero-order valence-corrected chi connectivity index (χ0v) is 10.3. The van der Waals surface area contributed by atoms with E-state index in [1.165, 1.54) is 0 Å². The zero-order chi connectivity index (χ0) is 13.1. The number of nitrogens with zero attached hydrogens (tertiary/aromatic N) is 2. The van der Waals surface area contributed by atoms with Gasteiger partial charge in [-0.2, -0.15) is 5.26 Å². The fourth-order valence-electron chi connectivity index (χ4n) is 2.39. The van der Waals surface area contributed by atoms with Gasteiger partial charge in [-0.3, -0.25) is 4.79 Å². The predicted molar refractivity (Wildman–Crippen MR) is 66.8 cm³/mol. The number of likely N-dealkylation sites (tertiary alicyclic amines) is 1. The SMILES string of the molecule is CC1CCN(C(=O)c2ccc(C#N)cc2)C1CO. The monoisotopic (exact) mass is 244 g/mol. The Balaban J connectivity index is 2.18. The van der Waals surface area contributed by atoms with Crippen molar-refractivity contribution in [3.05, 3.63) is 35.4 Å². The Bertz CT molecular complexity index is 476. The number of benzene rings is 1. The molecule has 0 saturated carbocycles. The molecule has 0 spiro atoms. The minimum Gasteiger partial charge on any atom is -0.394 e. The topological polar surface area (TPSA) is 64.3 Å². The standard InChI is InChI=1S/C14H16N2O2/c1-10-6-7-16(13(10)9-17)14(18)12-4-2-11(8-15)3-5-12/h2-5,10,13,17H,6-7,9H2,1H3. The summed E-state index contributed by atoms with van der Waals surface area (Å²) in [6.07, 6.45) is 0.924. The molecule has 94 valence electrons. The summed E-state index contributed by atoms with van der Waals surface area (Å²) >= 11 is 0. The van der Waals surface area contributed by atoms with E-state index in [0.717, 1.165) is 6.42 Å². The molecule has 1 aliphatic heterocycles. The second-order valence-electron chi connectivity index (χ2n) is 4.70. The van der Waals surface area contributed by atoms with Gasteiger partial charge in [0.05, 0.1) is 24.3 Å². The molecule has 18 heavy (non-hydrogen) atoms. The minimum atomic E-state index is -0.0897. The van der Waals surface area contributed by atoms with E-state index in [4.69, 9.17) is 5.26 Å². The van der Waals surface area contributed by atoms with Gasteiger partial charge in [-0.1, -0.05) is 6.92 Å². The van der Waals surface area contributed by atoms with E-state index in [2.05, 4.69) is 0 Å². The molecule has 1 fully saturated rings. The third kappa shape index (κ3) is 2.22. The van der Waals surface area contributed by atoms with Crippen molar-refractivity contribution in [2.45, 2.75) is 19.4 Å². The maximum Gasteiger partial charge on any atom is 0.254 e. The van der Waals surface area contributed by atoms with Crippen molar-refractivity contribution in [2.75, 3.05) is 13.2 Å². The van der Waals surface area contributed by atoms with Crippen LogP contribution >= 0.6 is 0 Å². The van der Waals surface area contributed by atoms with E-state index in [1.54, 1.807) is 29.2 Å². The zero-order valence-electron chi connectivity index (χ0n) is 10.3. The Hall–Kier alpha value is -1.86. The lowest BCUT2D eigenvalue weighted by atomic mass is 10.0. The number of carbonyl (C=O) groups excluding carboxylic acids is 1. The molecule has 1 N–H and O–H groups in total. The van der Waals surface area contributed by atoms with Crippen LogP contribution in [0, 0.1) is 17.2 Å². The molecule has 0 aromatic heterocycles. The van der Waals surface area contributed by atoms with Crippen LogP contribution in [0.15, 0.2) is 24.3 Å². The van der Waals surface area contributed by atoms with Crippen molar-refractivity contribution in [3.63, 3.8) is 0 Å². The van der Waals surface area contributed by atoms with Gasteiger partial charge in [-0.05, 0) is 36.6 Å². The maximum absolute atomic E-state index is 12.3. The summed E-state index contributed by atoms with van der Waals surface area (Å²) in [6.45, 7) is 2.74. The summed E-state index contributed by atoms with van der Waals surface area (Å²) < 4.78 is 0. The smallest absolute Gasteiger partial charge is 0.254 e. The van der Waals surface area contributed by atoms with Gasteiger partial charge < -0.3 is 10.0 Å². The molecule has 2 atom stereocenters. The molecule has 2 rings (SSSR count). The van der Waals surface area contributed by atoms with Gasteiger partial charge in [0.25, 0.3) is 5.91 Å². The van der Waals surface area contributed by atoms with Gasteiger partial charge >= 0.3 is 0 Å². The molecular weight excluding hydrogens is 228 g/mol. The summed E-state index contributed by atoms with van der Waals surface area (Å²) in [7, 11) is 0. The van der Waals surface area contributed by atoms with Gasteiger partial charge in [-0.25, -0.2) is 0 Å². The lowest BCUT2D eigenvalue weighted by Gasteiger charge is -2.25. The average Bonchev–Trinajstić information content (AvgIpc) is 2.79. The number of aliphatic hydroxyl groups is 1. The Kier molecular flexibility index (Phi) is 3.63. The third-order valence-corrected chi connectivity index (χ3v) is 3.59. The Labute approximate surface area is 106 Å². The van der Waals surface area contributed by atoms with Crippen molar-refractivity contribution < 1.29 is 9.90 Å². The first-order valence-electron chi connectivity index (χ1n) is 6.09. The number of hydrogen-bond acceptors (Lipinski definition) is 3. The van der Waals surface area contributed by atoms with E-state index >= 15 is 0 Å². The minimum absolute atomic E-state index is 0.00316. The highest BCUT2D eigenvalue weighted by atomic mass is 16.3. The van der Waals surface area contributed by atoms with Gasteiger partial charge in [0.2, 0.25) is 0 Å². The molecule has 0 radical (unpaired) electrons. The second kappa shape index (κ2) is 5.19. The lowest BCUT2D eigenvalue weighted by molar-refractivity contribution is 0.0648. The number of rotatable bonds is 2. The molecule has 0 aliphatic carbocycles. The molecule has 1 aliphatic rings. The number of hydrogen-bond donors (Lipinski definition) is 1. The quantitative estimate of drug-likeness (QED) is 0.855. The van der Waals surface area contributed by atoms with Crippen LogP contribution in [0.2, 0.25) is 0 Å². The van der Waals surface area contributed by atoms with Gasteiger partial charge in [-0.15, -0.1) is 0 Å². The largest absolute Gasteiger partial charge is 0.394 e. The molecule has 1 saturated heterocycles. The highest BCUT2D eigenvalue weighted by Crippen LogP contribution is 2.25. The number of aliphatic hydroxyl groups excluding tert-OH is 1. The van der Waals surface area contributed by atoms with Crippen LogP contribution in [-0.2, 0) is 0 Å². The average molecular weight is 244 g/mol. The van der Waals surface area contributed by atoms with Crippen LogP contribution in [-0.4, -0.2) is 35.1 Å². The molecule has 1 aromatic rings. The van der Waals surface area contributed by atoms with Crippen LogP contribution in [0.5, 0.6) is 0 Å². The van der Waals surface area contributed by atoms with Gasteiger partial charge in [0.1, 0.15) is 0 Å². The van der Waals surface area contributed by atoms with Crippen molar-refractivity contribution in [3.8, 4) is 6.07 Å². The van der Waals surface area contributed by atoms with E-state index in [-0.39, 0.29) is 18.6 Å².